The van der Waals surface area contributed by atoms with Crippen LogP contribution in [-0.2, 0) is 6.42 Å². The zero-order valence-corrected chi connectivity index (χ0v) is 8.59. The number of nitrogens with one attached hydrogen (secondary N) is 1. The van der Waals surface area contributed by atoms with Crippen LogP contribution in [0, 0.1) is 5.82 Å². The summed E-state index contributed by atoms with van der Waals surface area (Å²) in [5.74, 6) is 0.554. The van der Waals surface area contributed by atoms with Crippen LogP contribution in [0.3, 0.4) is 0 Å². The van der Waals surface area contributed by atoms with Gasteiger partial charge < -0.3 is 9.84 Å². The van der Waals surface area contributed by atoms with Gasteiger partial charge in [0.1, 0.15) is 17.1 Å². The number of nitrogens with zero attached hydrogens (tertiary/aromatic N) is 1. The van der Waals surface area contributed by atoms with Gasteiger partial charge in [-0.15, -0.1) is 0 Å². The number of hydrogen-bond acceptors (Lipinski definition) is 3. The highest BCUT2D eigenvalue weighted by atomic mass is 19.1. The van der Waals surface area contributed by atoms with Crippen molar-refractivity contribution in [3.63, 3.8) is 0 Å². The van der Waals surface area contributed by atoms with Gasteiger partial charge in [0.2, 0.25) is 0 Å². The number of aromatic nitrogens is 1. The molecule has 0 aliphatic rings. The Bertz CT molecular complexity index is 453. The van der Waals surface area contributed by atoms with Crippen molar-refractivity contribution < 1.29 is 8.91 Å². The first-order valence-electron chi connectivity index (χ1n) is 4.99. The van der Waals surface area contributed by atoms with Crippen molar-refractivity contribution in [2.24, 2.45) is 0 Å². The van der Waals surface area contributed by atoms with Gasteiger partial charge in [-0.3, -0.25) is 0 Å². The van der Waals surface area contributed by atoms with Crippen molar-refractivity contribution >= 4 is 10.9 Å². The average Bonchev–Trinajstić information content (AvgIpc) is 2.61. The molecule has 0 amide bonds. The van der Waals surface area contributed by atoms with E-state index in [2.05, 4.69) is 10.5 Å². The van der Waals surface area contributed by atoms with Crippen molar-refractivity contribution in [3.05, 3.63) is 29.8 Å². The highest BCUT2D eigenvalue weighted by molar-refractivity contribution is 5.80. The van der Waals surface area contributed by atoms with Gasteiger partial charge in [0.15, 0.2) is 0 Å². The van der Waals surface area contributed by atoms with E-state index >= 15 is 0 Å². The Morgan fingerprint density at radius 2 is 2.33 bits per heavy atom. The first kappa shape index (κ1) is 10.1. The molecule has 0 fully saturated rings. The molecule has 1 N–H and O–H groups in total. The SMILES string of the molecule is CNCCCc1onc2cc(F)ccc12. The molecule has 80 valence electrons. The predicted octanol–water partition coefficient (Wildman–Crippen LogP) is 2.12. The van der Waals surface area contributed by atoms with Crippen molar-refractivity contribution in [2.45, 2.75) is 12.8 Å². The molecule has 1 aromatic carbocycles. The summed E-state index contributed by atoms with van der Waals surface area (Å²) in [6, 6.07) is 4.54. The van der Waals surface area contributed by atoms with E-state index in [0.29, 0.717) is 5.52 Å². The minimum absolute atomic E-state index is 0.280. The van der Waals surface area contributed by atoms with Crippen LogP contribution in [0.15, 0.2) is 22.7 Å². The molecule has 0 saturated carbocycles. The van der Waals surface area contributed by atoms with Crippen LogP contribution >= 0.6 is 0 Å². The average molecular weight is 208 g/mol. The summed E-state index contributed by atoms with van der Waals surface area (Å²) >= 11 is 0. The molecular formula is C11H13FN2O. The molecule has 2 rings (SSSR count). The topological polar surface area (TPSA) is 38.1 Å². The summed E-state index contributed by atoms with van der Waals surface area (Å²) in [6.45, 7) is 0.934. The minimum atomic E-state index is -0.280. The lowest BCUT2D eigenvalue weighted by Crippen LogP contribution is -2.08. The van der Waals surface area contributed by atoms with Crippen LogP contribution in [0.2, 0.25) is 0 Å². The van der Waals surface area contributed by atoms with Gasteiger partial charge in [-0.1, -0.05) is 5.16 Å². The summed E-state index contributed by atoms with van der Waals surface area (Å²) < 4.78 is 18.0. The monoisotopic (exact) mass is 208 g/mol. The van der Waals surface area contributed by atoms with E-state index in [1.165, 1.54) is 12.1 Å². The fourth-order valence-corrected chi connectivity index (χ4v) is 1.58. The predicted molar refractivity (Wildman–Crippen MR) is 56.2 cm³/mol. The van der Waals surface area contributed by atoms with E-state index in [-0.39, 0.29) is 5.82 Å². The molecule has 2 aromatic rings. The summed E-state index contributed by atoms with van der Waals surface area (Å²) in [5.41, 5.74) is 0.592. The maximum atomic E-state index is 12.9. The van der Waals surface area contributed by atoms with Gasteiger partial charge in [-0.05, 0) is 32.1 Å². The van der Waals surface area contributed by atoms with E-state index in [4.69, 9.17) is 4.52 Å². The second-order valence-corrected chi connectivity index (χ2v) is 3.47. The summed E-state index contributed by atoms with van der Waals surface area (Å²) in [5, 5.41) is 7.80. The largest absolute Gasteiger partial charge is 0.360 e. The Kier molecular flexibility index (Phi) is 2.97. The van der Waals surface area contributed by atoms with Crippen LogP contribution in [0.4, 0.5) is 4.39 Å². The summed E-state index contributed by atoms with van der Waals surface area (Å²) in [7, 11) is 1.91. The Hall–Kier alpha value is -1.42. The third kappa shape index (κ3) is 2.15. The molecule has 0 unspecified atom stereocenters. The van der Waals surface area contributed by atoms with Crippen LogP contribution in [0.25, 0.3) is 10.9 Å². The molecule has 0 atom stereocenters. The number of aryl methyl sites for hydroxylation is 1. The van der Waals surface area contributed by atoms with E-state index in [0.717, 1.165) is 30.5 Å². The van der Waals surface area contributed by atoms with Crippen molar-refractivity contribution in [3.8, 4) is 0 Å². The highest BCUT2D eigenvalue weighted by Gasteiger charge is 2.08. The van der Waals surface area contributed by atoms with Crippen LogP contribution < -0.4 is 5.32 Å². The molecule has 1 aromatic heterocycles. The first-order valence-corrected chi connectivity index (χ1v) is 4.99. The quantitative estimate of drug-likeness (QED) is 0.782. The summed E-state index contributed by atoms with van der Waals surface area (Å²) in [4.78, 5) is 0. The molecule has 15 heavy (non-hydrogen) atoms. The number of benzene rings is 1. The molecule has 0 spiro atoms. The second-order valence-electron chi connectivity index (χ2n) is 3.47. The number of hydrogen-bond donors (Lipinski definition) is 1. The van der Waals surface area contributed by atoms with Crippen LogP contribution in [0.1, 0.15) is 12.2 Å². The van der Waals surface area contributed by atoms with E-state index in [1.807, 2.05) is 7.05 Å². The number of rotatable bonds is 4. The fourth-order valence-electron chi connectivity index (χ4n) is 1.58. The van der Waals surface area contributed by atoms with E-state index in [1.54, 1.807) is 6.07 Å². The zero-order chi connectivity index (χ0) is 10.7. The van der Waals surface area contributed by atoms with Crippen LogP contribution in [-0.4, -0.2) is 18.7 Å². The zero-order valence-electron chi connectivity index (χ0n) is 8.59. The molecule has 0 saturated heterocycles. The number of halogens is 1. The lowest BCUT2D eigenvalue weighted by Gasteiger charge is -1.96. The standard InChI is InChI=1S/C11H13FN2O/c1-13-6-2-3-11-9-5-4-8(12)7-10(9)14-15-11/h4-5,7,13H,2-3,6H2,1H3. The van der Waals surface area contributed by atoms with Crippen molar-refractivity contribution in [1.29, 1.82) is 0 Å². The lowest BCUT2D eigenvalue weighted by molar-refractivity contribution is 0.387. The van der Waals surface area contributed by atoms with Crippen LogP contribution in [0.5, 0.6) is 0 Å². The highest BCUT2D eigenvalue weighted by Crippen LogP contribution is 2.20. The van der Waals surface area contributed by atoms with Gasteiger partial charge in [0.25, 0.3) is 0 Å². The third-order valence-corrected chi connectivity index (χ3v) is 2.34. The third-order valence-electron chi connectivity index (χ3n) is 2.34. The molecule has 3 nitrogen and oxygen atoms in total. The Morgan fingerprint density at radius 1 is 1.47 bits per heavy atom. The van der Waals surface area contributed by atoms with Gasteiger partial charge in [-0.25, -0.2) is 4.39 Å². The Labute approximate surface area is 87.3 Å². The maximum Gasteiger partial charge on any atom is 0.144 e. The van der Waals surface area contributed by atoms with Gasteiger partial charge >= 0.3 is 0 Å². The smallest absolute Gasteiger partial charge is 0.144 e. The summed E-state index contributed by atoms with van der Waals surface area (Å²) in [6.07, 6.45) is 1.81. The Balaban J connectivity index is 2.21. The normalized spacial score (nSPS) is 11.1. The molecular weight excluding hydrogens is 195 g/mol. The Morgan fingerprint density at radius 3 is 3.13 bits per heavy atom. The van der Waals surface area contributed by atoms with Gasteiger partial charge in [0, 0.05) is 17.9 Å². The molecule has 4 heteroatoms. The van der Waals surface area contributed by atoms with Crippen molar-refractivity contribution in [1.82, 2.24) is 10.5 Å². The maximum absolute atomic E-state index is 12.9. The fraction of sp³-hybridized carbons (Fsp3) is 0.364. The van der Waals surface area contributed by atoms with E-state index < -0.39 is 0 Å². The molecule has 0 aliphatic heterocycles. The van der Waals surface area contributed by atoms with E-state index in [9.17, 15) is 4.39 Å². The van der Waals surface area contributed by atoms with Gasteiger partial charge in [-0.2, -0.15) is 0 Å². The van der Waals surface area contributed by atoms with Gasteiger partial charge in [0.05, 0.1) is 0 Å². The molecule has 0 radical (unpaired) electrons. The lowest BCUT2D eigenvalue weighted by atomic mass is 10.1. The minimum Gasteiger partial charge on any atom is -0.360 e. The van der Waals surface area contributed by atoms with Crippen molar-refractivity contribution in [2.75, 3.05) is 13.6 Å². The first-order chi connectivity index (χ1) is 7.31. The number of fused-ring (bicyclic) bond motifs is 1. The molecule has 0 aliphatic carbocycles. The molecule has 1 heterocycles. The second kappa shape index (κ2) is 4.40. The molecule has 0 bridgehead atoms.